The fourth-order valence-electron chi connectivity index (χ4n) is 1.92. The van der Waals surface area contributed by atoms with Crippen molar-refractivity contribution in [2.45, 2.75) is 12.6 Å². The van der Waals surface area contributed by atoms with Gasteiger partial charge < -0.3 is 15.4 Å². The second-order valence-electron chi connectivity index (χ2n) is 4.96. The summed E-state index contributed by atoms with van der Waals surface area (Å²) in [6.07, 6.45) is -4.00. The van der Waals surface area contributed by atoms with E-state index in [1.807, 2.05) is 30.3 Å². The molecule has 1 aromatic heterocycles. The van der Waals surface area contributed by atoms with E-state index in [1.54, 1.807) is 7.05 Å². The molecule has 26 heavy (non-hydrogen) atoms. The van der Waals surface area contributed by atoms with Gasteiger partial charge >= 0.3 is 6.18 Å². The van der Waals surface area contributed by atoms with Gasteiger partial charge in [-0.15, -0.1) is 35.3 Å². The number of ether oxygens (including phenoxy) is 1. The van der Waals surface area contributed by atoms with Gasteiger partial charge in [0.1, 0.15) is 12.4 Å². The highest BCUT2D eigenvalue weighted by atomic mass is 127. The van der Waals surface area contributed by atoms with Crippen LogP contribution >= 0.6 is 35.3 Å². The van der Waals surface area contributed by atoms with Gasteiger partial charge in [0.05, 0.1) is 11.6 Å². The van der Waals surface area contributed by atoms with Gasteiger partial charge in [-0.3, -0.25) is 4.99 Å². The van der Waals surface area contributed by atoms with Gasteiger partial charge in [-0.25, -0.2) is 4.98 Å². The van der Waals surface area contributed by atoms with E-state index < -0.39 is 11.9 Å². The molecular formula is C16H20F3IN4OS. The summed E-state index contributed by atoms with van der Waals surface area (Å²) in [6, 6.07) is 9.45. The van der Waals surface area contributed by atoms with E-state index in [9.17, 15) is 13.2 Å². The van der Waals surface area contributed by atoms with Crippen molar-refractivity contribution in [3.8, 4) is 5.75 Å². The third kappa shape index (κ3) is 7.77. The van der Waals surface area contributed by atoms with Crippen LogP contribution < -0.4 is 15.4 Å². The minimum Gasteiger partial charge on any atom is -0.492 e. The molecule has 0 amide bonds. The van der Waals surface area contributed by atoms with Gasteiger partial charge in [-0.2, -0.15) is 13.2 Å². The zero-order valence-electron chi connectivity index (χ0n) is 14.0. The third-order valence-corrected chi connectivity index (χ3v) is 4.01. The molecule has 144 valence electrons. The molecule has 10 heteroatoms. The van der Waals surface area contributed by atoms with Crippen molar-refractivity contribution in [2.75, 3.05) is 26.7 Å². The molecule has 0 atom stereocenters. The first-order valence-electron chi connectivity index (χ1n) is 7.63. The van der Waals surface area contributed by atoms with E-state index in [0.29, 0.717) is 37.1 Å². The molecule has 0 unspecified atom stereocenters. The number of thiazole rings is 1. The minimum atomic E-state index is -4.39. The standard InChI is InChI=1S/C16H19F3N4OS.HI/c1-20-15(22-9-10-24-12-5-3-2-4-6-12)21-8-7-14-23-13(11-25-14)16(17,18)19;/h2-6,11H,7-10H2,1H3,(H2,20,21,22);1H. The summed E-state index contributed by atoms with van der Waals surface area (Å²) in [5, 5.41) is 7.57. The maximum absolute atomic E-state index is 12.5. The second kappa shape index (κ2) is 11.2. The number of aromatic nitrogens is 1. The lowest BCUT2D eigenvalue weighted by Gasteiger charge is -2.12. The Morgan fingerprint density at radius 1 is 1.19 bits per heavy atom. The summed E-state index contributed by atoms with van der Waals surface area (Å²) in [5.74, 6) is 1.35. The predicted molar refractivity (Wildman–Crippen MR) is 108 cm³/mol. The van der Waals surface area contributed by atoms with Gasteiger partial charge in [0.15, 0.2) is 11.7 Å². The summed E-state index contributed by atoms with van der Waals surface area (Å²) in [4.78, 5) is 7.64. The minimum absolute atomic E-state index is 0. The van der Waals surface area contributed by atoms with Gasteiger partial charge in [0.25, 0.3) is 0 Å². The van der Waals surface area contributed by atoms with Crippen molar-refractivity contribution in [1.82, 2.24) is 15.6 Å². The van der Waals surface area contributed by atoms with E-state index in [0.717, 1.165) is 22.5 Å². The predicted octanol–water partition coefficient (Wildman–Crippen LogP) is 3.57. The number of hydrogen-bond donors (Lipinski definition) is 2. The van der Waals surface area contributed by atoms with Crippen LogP contribution in [0.5, 0.6) is 5.75 Å². The first kappa shape index (κ1) is 22.5. The molecule has 1 heterocycles. The zero-order valence-corrected chi connectivity index (χ0v) is 17.2. The van der Waals surface area contributed by atoms with Crippen molar-refractivity contribution in [3.05, 3.63) is 46.4 Å². The molecular weight excluding hydrogens is 480 g/mol. The van der Waals surface area contributed by atoms with Crippen molar-refractivity contribution in [2.24, 2.45) is 4.99 Å². The largest absolute Gasteiger partial charge is 0.492 e. The number of para-hydroxylation sites is 1. The van der Waals surface area contributed by atoms with Crippen molar-refractivity contribution in [1.29, 1.82) is 0 Å². The first-order chi connectivity index (χ1) is 12.0. The highest BCUT2D eigenvalue weighted by Gasteiger charge is 2.33. The first-order valence-corrected chi connectivity index (χ1v) is 8.51. The van der Waals surface area contributed by atoms with E-state index in [1.165, 1.54) is 0 Å². The molecule has 0 aliphatic heterocycles. The Bertz CT molecular complexity index is 680. The number of nitrogens with one attached hydrogen (secondary N) is 2. The number of nitrogens with zero attached hydrogens (tertiary/aromatic N) is 2. The molecule has 2 aromatic rings. The smallest absolute Gasteiger partial charge is 0.434 e. The Morgan fingerprint density at radius 3 is 2.50 bits per heavy atom. The molecule has 0 saturated heterocycles. The van der Waals surface area contributed by atoms with E-state index >= 15 is 0 Å². The molecule has 0 fully saturated rings. The van der Waals surface area contributed by atoms with Gasteiger partial charge in [0, 0.05) is 25.4 Å². The number of benzene rings is 1. The van der Waals surface area contributed by atoms with Crippen molar-refractivity contribution >= 4 is 41.3 Å². The summed E-state index contributed by atoms with van der Waals surface area (Å²) in [5.41, 5.74) is -0.840. The number of alkyl halides is 3. The Labute approximate surface area is 171 Å². The van der Waals surface area contributed by atoms with Crippen LogP contribution in [0.4, 0.5) is 13.2 Å². The topological polar surface area (TPSA) is 58.5 Å². The fraction of sp³-hybridized carbons (Fsp3) is 0.375. The van der Waals surface area contributed by atoms with Crippen LogP contribution in [0.1, 0.15) is 10.7 Å². The number of halogens is 4. The molecule has 0 bridgehead atoms. The Hall–Kier alpha value is -1.56. The summed E-state index contributed by atoms with van der Waals surface area (Å²) in [7, 11) is 1.62. The van der Waals surface area contributed by atoms with E-state index in [4.69, 9.17) is 4.74 Å². The van der Waals surface area contributed by atoms with Crippen LogP contribution in [0.25, 0.3) is 0 Å². The molecule has 0 saturated carbocycles. The quantitative estimate of drug-likeness (QED) is 0.264. The zero-order chi connectivity index (χ0) is 18.1. The normalized spacial score (nSPS) is 11.6. The Balaban J connectivity index is 0.00000338. The molecule has 5 nitrogen and oxygen atoms in total. The highest BCUT2D eigenvalue weighted by molar-refractivity contribution is 14.0. The second-order valence-corrected chi connectivity index (χ2v) is 5.90. The molecule has 0 aliphatic carbocycles. The lowest BCUT2D eigenvalue weighted by molar-refractivity contribution is -0.140. The van der Waals surface area contributed by atoms with Gasteiger partial charge in [0.2, 0.25) is 0 Å². The van der Waals surface area contributed by atoms with Gasteiger partial charge in [-0.05, 0) is 12.1 Å². The van der Waals surface area contributed by atoms with Crippen LogP contribution in [-0.2, 0) is 12.6 Å². The summed E-state index contributed by atoms with van der Waals surface area (Å²) >= 11 is 1.00. The van der Waals surface area contributed by atoms with Crippen LogP contribution in [0.3, 0.4) is 0 Å². The van der Waals surface area contributed by atoms with Gasteiger partial charge in [-0.1, -0.05) is 18.2 Å². The van der Waals surface area contributed by atoms with Crippen molar-refractivity contribution < 1.29 is 17.9 Å². The van der Waals surface area contributed by atoms with Crippen LogP contribution in [0.2, 0.25) is 0 Å². The monoisotopic (exact) mass is 500 g/mol. The summed E-state index contributed by atoms with van der Waals surface area (Å²) < 4.78 is 43.0. The van der Waals surface area contributed by atoms with E-state index in [-0.39, 0.29) is 24.0 Å². The third-order valence-electron chi connectivity index (χ3n) is 3.10. The molecule has 1 aromatic carbocycles. The summed E-state index contributed by atoms with van der Waals surface area (Å²) in [6.45, 7) is 1.44. The molecule has 0 radical (unpaired) electrons. The lowest BCUT2D eigenvalue weighted by atomic mass is 10.3. The average Bonchev–Trinajstić information content (AvgIpc) is 3.07. The Morgan fingerprint density at radius 2 is 1.88 bits per heavy atom. The highest BCUT2D eigenvalue weighted by Crippen LogP contribution is 2.29. The molecule has 2 N–H and O–H groups in total. The fourth-order valence-corrected chi connectivity index (χ4v) is 2.72. The van der Waals surface area contributed by atoms with Crippen LogP contribution in [0.15, 0.2) is 40.7 Å². The molecule has 2 rings (SSSR count). The van der Waals surface area contributed by atoms with Crippen LogP contribution in [-0.4, -0.2) is 37.7 Å². The lowest BCUT2D eigenvalue weighted by Crippen LogP contribution is -2.40. The van der Waals surface area contributed by atoms with E-state index in [2.05, 4.69) is 20.6 Å². The maximum Gasteiger partial charge on any atom is 0.434 e. The number of rotatable bonds is 7. The number of aliphatic imine (C=N–C) groups is 1. The number of guanidine groups is 1. The number of hydrogen-bond acceptors (Lipinski definition) is 4. The maximum atomic E-state index is 12.5. The average molecular weight is 500 g/mol. The molecule has 0 spiro atoms. The Kier molecular flexibility index (Phi) is 9.70. The SMILES string of the molecule is CN=C(NCCOc1ccccc1)NCCc1nc(C(F)(F)F)cs1.I. The van der Waals surface area contributed by atoms with Crippen molar-refractivity contribution in [3.63, 3.8) is 0 Å². The van der Waals surface area contributed by atoms with Crippen LogP contribution in [0, 0.1) is 0 Å². The molecule has 0 aliphatic rings.